The van der Waals surface area contributed by atoms with Crippen molar-refractivity contribution in [3.05, 3.63) is 0 Å². The standard InChI is InChI=1S/C12H26N2O/c1-3-12(6-7-13)14(2)9-11-5-4-8-15-10-11/h11-12H,3-10,13H2,1-2H3. The van der Waals surface area contributed by atoms with Gasteiger partial charge in [-0.25, -0.2) is 0 Å². The molecule has 0 aromatic heterocycles. The van der Waals surface area contributed by atoms with Gasteiger partial charge < -0.3 is 15.4 Å². The molecule has 2 atom stereocenters. The zero-order valence-corrected chi connectivity index (χ0v) is 10.2. The molecular formula is C12H26N2O. The normalized spacial score (nSPS) is 24.4. The van der Waals surface area contributed by atoms with Gasteiger partial charge in [-0.15, -0.1) is 0 Å². The summed E-state index contributed by atoms with van der Waals surface area (Å²) in [5.41, 5.74) is 5.62. The van der Waals surface area contributed by atoms with E-state index < -0.39 is 0 Å². The van der Waals surface area contributed by atoms with Crippen LogP contribution in [0.25, 0.3) is 0 Å². The molecule has 0 bridgehead atoms. The SMILES string of the molecule is CCC(CCN)N(C)CC1CCCOC1. The molecule has 2 N–H and O–H groups in total. The summed E-state index contributed by atoms with van der Waals surface area (Å²) in [6, 6.07) is 0.650. The highest BCUT2D eigenvalue weighted by Crippen LogP contribution is 2.16. The summed E-state index contributed by atoms with van der Waals surface area (Å²) in [7, 11) is 2.22. The number of ether oxygens (including phenoxy) is 1. The second-order valence-electron chi connectivity index (χ2n) is 4.66. The molecule has 1 fully saturated rings. The van der Waals surface area contributed by atoms with E-state index >= 15 is 0 Å². The van der Waals surface area contributed by atoms with Crippen molar-refractivity contribution in [1.29, 1.82) is 0 Å². The van der Waals surface area contributed by atoms with Gasteiger partial charge in [0, 0.05) is 19.2 Å². The zero-order valence-electron chi connectivity index (χ0n) is 10.2. The second-order valence-corrected chi connectivity index (χ2v) is 4.66. The predicted molar refractivity (Wildman–Crippen MR) is 63.9 cm³/mol. The molecule has 90 valence electrons. The van der Waals surface area contributed by atoms with Gasteiger partial charge in [-0.3, -0.25) is 0 Å². The maximum atomic E-state index is 5.62. The highest BCUT2D eigenvalue weighted by atomic mass is 16.5. The molecular weight excluding hydrogens is 188 g/mol. The third-order valence-electron chi connectivity index (χ3n) is 3.40. The molecule has 0 radical (unpaired) electrons. The molecule has 1 heterocycles. The average Bonchev–Trinajstić information content (AvgIpc) is 2.27. The summed E-state index contributed by atoms with van der Waals surface area (Å²) in [5, 5.41) is 0. The lowest BCUT2D eigenvalue weighted by Gasteiger charge is -2.32. The van der Waals surface area contributed by atoms with Crippen molar-refractivity contribution in [1.82, 2.24) is 4.90 Å². The Bertz CT molecular complexity index is 158. The van der Waals surface area contributed by atoms with Crippen molar-refractivity contribution >= 4 is 0 Å². The first kappa shape index (κ1) is 12.9. The summed E-state index contributed by atoms with van der Waals surface area (Å²) in [6.45, 7) is 6.11. The minimum Gasteiger partial charge on any atom is -0.381 e. The lowest BCUT2D eigenvalue weighted by Crippen LogP contribution is -2.38. The molecule has 0 saturated carbocycles. The van der Waals surface area contributed by atoms with Crippen LogP contribution in [0.4, 0.5) is 0 Å². The maximum absolute atomic E-state index is 5.62. The Hall–Kier alpha value is -0.120. The van der Waals surface area contributed by atoms with Gasteiger partial charge in [-0.05, 0) is 45.2 Å². The molecule has 15 heavy (non-hydrogen) atoms. The highest BCUT2D eigenvalue weighted by Gasteiger charge is 2.19. The van der Waals surface area contributed by atoms with E-state index in [1.807, 2.05) is 0 Å². The summed E-state index contributed by atoms with van der Waals surface area (Å²) in [4.78, 5) is 2.46. The summed E-state index contributed by atoms with van der Waals surface area (Å²) < 4.78 is 5.50. The Morgan fingerprint density at radius 1 is 1.53 bits per heavy atom. The molecule has 0 aromatic rings. The minimum absolute atomic E-state index is 0.650. The molecule has 1 saturated heterocycles. The third-order valence-corrected chi connectivity index (χ3v) is 3.40. The first-order valence-corrected chi connectivity index (χ1v) is 6.26. The fraction of sp³-hybridized carbons (Fsp3) is 1.00. The molecule has 0 aliphatic carbocycles. The third kappa shape index (κ3) is 4.49. The predicted octanol–water partition coefficient (Wildman–Crippen LogP) is 1.47. The van der Waals surface area contributed by atoms with Gasteiger partial charge in [-0.1, -0.05) is 6.92 Å². The van der Waals surface area contributed by atoms with Gasteiger partial charge in [-0.2, -0.15) is 0 Å². The van der Waals surface area contributed by atoms with Crippen LogP contribution in [0, 0.1) is 5.92 Å². The fourth-order valence-corrected chi connectivity index (χ4v) is 2.44. The topological polar surface area (TPSA) is 38.5 Å². The van der Waals surface area contributed by atoms with Gasteiger partial charge in [0.15, 0.2) is 0 Å². The van der Waals surface area contributed by atoms with Gasteiger partial charge in [0.05, 0.1) is 6.61 Å². The van der Waals surface area contributed by atoms with E-state index in [1.54, 1.807) is 0 Å². The number of nitrogens with two attached hydrogens (primary N) is 1. The quantitative estimate of drug-likeness (QED) is 0.728. The van der Waals surface area contributed by atoms with Crippen molar-refractivity contribution in [3.8, 4) is 0 Å². The zero-order chi connectivity index (χ0) is 11.1. The van der Waals surface area contributed by atoms with Crippen LogP contribution in [0.1, 0.15) is 32.6 Å². The van der Waals surface area contributed by atoms with Crippen molar-refractivity contribution in [2.24, 2.45) is 11.7 Å². The Labute approximate surface area is 94.0 Å². The van der Waals surface area contributed by atoms with Crippen LogP contribution in [0.5, 0.6) is 0 Å². The Morgan fingerprint density at radius 2 is 2.33 bits per heavy atom. The first-order chi connectivity index (χ1) is 7.27. The molecule has 1 rings (SSSR count). The minimum atomic E-state index is 0.650. The maximum Gasteiger partial charge on any atom is 0.0506 e. The van der Waals surface area contributed by atoms with Crippen LogP contribution < -0.4 is 5.73 Å². The Kier molecular flexibility index (Phi) is 6.22. The van der Waals surface area contributed by atoms with Crippen LogP contribution in [0.2, 0.25) is 0 Å². The Balaban J connectivity index is 2.27. The molecule has 3 nitrogen and oxygen atoms in total. The van der Waals surface area contributed by atoms with Gasteiger partial charge >= 0.3 is 0 Å². The highest BCUT2D eigenvalue weighted by molar-refractivity contribution is 4.73. The smallest absolute Gasteiger partial charge is 0.0506 e. The lowest BCUT2D eigenvalue weighted by molar-refractivity contribution is 0.0354. The van der Waals surface area contributed by atoms with E-state index in [1.165, 1.54) is 25.8 Å². The molecule has 3 heteroatoms. The van der Waals surface area contributed by atoms with Crippen LogP contribution in [0.15, 0.2) is 0 Å². The van der Waals surface area contributed by atoms with Crippen LogP contribution in [0.3, 0.4) is 0 Å². The monoisotopic (exact) mass is 214 g/mol. The second kappa shape index (κ2) is 7.20. The Morgan fingerprint density at radius 3 is 2.87 bits per heavy atom. The number of hydrogen-bond acceptors (Lipinski definition) is 3. The number of hydrogen-bond donors (Lipinski definition) is 1. The van der Waals surface area contributed by atoms with E-state index in [2.05, 4.69) is 18.9 Å². The van der Waals surface area contributed by atoms with Crippen molar-refractivity contribution in [2.45, 2.75) is 38.6 Å². The largest absolute Gasteiger partial charge is 0.381 e. The van der Waals surface area contributed by atoms with Gasteiger partial charge in [0.25, 0.3) is 0 Å². The summed E-state index contributed by atoms with van der Waals surface area (Å²) >= 11 is 0. The van der Waals surface area contributed by atoms with E-state index in [9.17, 15) is 0 Å². The molecule has 0 aromatic carbocycles. The van der Waals surface area contributed by atoms with E-state index in [0.717, 1.165) is 32.1 Å². The van der Waals surface area contributed by atoms with E-state index in [-0.39, 0.29) is 0 Å². The molecule has 1 aliphatic heterocycles. The number of nitrogens with zero attached hydrogens (tertiary/aromatic N) is 1. The molecule has 0 amide bonds. The van der Waals surface area contributed by atoms with Crippen molar-refractivity contribution in [3.63, 3.8) is 0 Å². The summed E-state index contributed by atoms with van der Waals surface area (Å²) in [5.74, 6) is 0.732. The molecule has 0 spiro atoms. The van der Waals surface area contributed by atoms with E-state index in [0.29, 0.717) is 6.04 Å². The van der Waals surface area contributed by atoms with Crippen LogP contribution in [-0.4, -0.2) is 44.3 Å². The van der Waals surface area contributed by atoms with Crippen molar-refractivity contribution in [2.75, 3.05) is 33.4 Å². The van der Waals surface area contributed by atoms with E-state index in [4.69, 9.17) is 10.5 Å². The summed E-state index contributed by atoms with van der Waals surface area (Å²) in [6.07, 6.45) is 4.86. The van der Waals surface area contributed by atoms with Crippen molar-refractivity contribution < 1.29 is 4.74 Å². The fourth-order valence-electron chi connectivity index (χ4n) is 2.44. The first-order valence-electron chi connectivity index (χ1n) is 6.26. The van der Waals surface area contributed by atoms with Crippen LogP contribution in [-0.2, 0) is 4.74 Å². The number of rotatable bonds is 6. The average molecular weight is 214 g/mol. The van der Waals surface area contributed by atoms with Gasteiger partial charge in [0.1, 0.15) is 0 Å². The molecule has 1 aliphatic rings. The van der Waals surface area contributed by atoms with Gasteiger partial charge in [0.2, 0.25) is 0 Å². The lowest BCUT2D eigenvalue weighted by atomic mass is 10.00. The molecule has 2 unspecified atom stereocenters. The van der Waals surface area contributed by atoms with Crippen LogP contribution >= 0.6 is 0 Å².